The van der Waals surface area contributed by atoms with Gasteiger partial charge in [0.05, 0.1) is 16.3 Å². The Morgan fingerprint density at radius 1 is 1.21 bits per heavy atom. The fourth-order valence-electron chi connectivity index (χ4n) is 3.08. The minimum absolute atomic E-state index is 0.101. The SMILES string of the molecule is CCc1ccc(S(=O)(=O)NCCn2nc(-c3cccs3)n(C3CC3)c2=O)cc1. The minimum atomic E-state index is -3.62. The summed E-state index contributed by atoms with van der Waals surface area (Å²) in [6, 6.07) is 10.9. The zero-order chi connectivity index (χ0) is 19.7. The fourth-order valence-corrected chi connectivity index (χ4v) is 4.80. The van der Waals surface area contributed by atoms with Gasteiger partial charge >= 0.3 is 5.69 Å². The summed E-state index contributed by atoms with van der Waals surface area (Å²) in [5, 5.41) is 6.42. The highest BCUT2D eigenvalue weighted by atomic mass is 32.2. The maximum absolute atomic E-state index is 12.8. The van der Waals surface area contributed by atoms with Crippen LogP contribution in [0.3, 0.4) is 0 Å². The normalized spacial score (nSPS) is 14.5. The van der Waals surface area contributed by atoms with E-state index in [1.165, 1.54) is 16.0 Å². The summed E-state index contributed by atoms with van der Waals surface area (Å²) >= 11 is 1.54. The Kier molecular flexibility index (Phi) is 5.22. The van der Waals surface area contributed by atoms with Crippen LogP contribution in [0.2, 0.25) is 0 Å². The van der Waals surface area contributed by atoms with Crippen molar-refractivity contribution in [3.63, 3.8) is 0 Å². The summed E-state index contributed by atoms with van der Waals surface area (Å²) in [7, 11) is -3.62. The van der Waals surface area contributed by atoms with Gasteiger partial charge in [0.2, 0.25) is 10.0 Å². The number of thiophene rings is 1. The maximum Gasteiger partial charge on any atom is 0.346 e. The van der Waals surface area contributed by atoms with Crippen molar-refractivity contribution in [1.29, 1.82) is 0 Å². The first-order valence-corrected chi connectivity index (χ1v) is 11.7. The van der Waals surface area contributed by atoms with Crippen LogP contribution in [0, 0.1) is 0 Å². The topological polar surface area (TPSA) is 86.0 Å². The smallest absolute Gasteiger partial charge is 0.271 e. The second kappa shape index (κ2) is 7.65. The monoisotopic (exact) mass is 418 g/mol. The minimum Gasteiger partial charge on any atom is -0.271 e. The Bertz CT molecular complexity index is 1110. The maximum atomic E-state index is 12.8. The van der Waals surface area contributed by atoms with E-state index < -0.39 is 10.0 Å². The number of aromatic nitrogens is 3. The highest BCUT2D eigenvalue weighted by Crippen LogP contribution is 2.37. The van der Waals surface area contributed by atoms with Crippen molar-refractivity contribution in [2.45, 2.75) is 43.7 Å². The van der Waals surface area contributed by atoms with Crippen LogP contribution in [0.4, 0.5) is 0 Å². The third-order valence-corrected chi connectivity index (χ3v) is 7.12. The first-order valence-electron chi connectivity index (χ1n) is 9.31. The van der Waals surface area contributed by atoms with Gasteiger partial charge in [-0.05, 0) is 48.4 Å². The predicted molar refractivity (Wildman–Crippen MR) is 109 cm³/mol. The van der Waals surface area contributed by atoms with Crippen molar-refractivity contribution >= 4 is 21.4 Å². The third kappa shape index (κ3) is 3.82. The number of hydrogen-bond acceptors (Lipinski definition) is 5. The highest BCUT2D eigenvalue weighted by molar-refractivity contribution is 7.89. The molecule has 1 aliphatic carbocycles. The second-order valence-electron chi connectivity index (χ2n) is 6.80. The van der Waals surface area contributed by atoms with Crippen molar-refractivity contribution in [3.8, 4) is 10.7 Å². The molecule has 2 heterocycles. The van der Waals surface area contributed by atoms with Crippen molar-refractivity contribution < 1.29 is 8.42 Å². The lowest BCUT2D eigenvalue weighted by molar-refractivity contribution is 0.547. The van der Waals surface area contributed by atoms with E-state index >= 15 is 0 Å². The van der Waals surface area contributed by atoms with Crippen molar-refractivity contribution in [2.75, 3.05) is 6.54 Å². The lowest BCUT2D eigenvalue weighted by Gasteiger charge is -2.07. The number of rotatable bonds is 8. The van der Waals surface area contributed by atoms with Gasteiger partial charge in [-0.1, -0.05) is 25.1 Å². The van der Waals surface area contributed by atoms with E-state index in [4.69, 9.17) is 0 Å². The molecule has 0 amide bonds. The van der Waals surface area contributed by atoms with Crippen LogP contribution in [0.5, 0.6) is 0 Å². The van der Waals surface area contributed by atoms with Gasteiger partial charge in [-0.2, -0.15) is 0 Å². The molecule has 0 aliphatic heterocycles. The molecule has 1 fully saturated rings. The van der Waals surface area contributed by atoms with E-state index in [1.54, 1.807) is 16.7 Å². The van der Waals surface area contributed by atoms with Crippen LogP contribution in [0.15, 0.2) is 51.5 Å². The molecule has 0 unspecified atom stereocenters. The van der Waals surface area contributed by atoms with Gasteiger partial charge in [-0.15, -0.1) is 16.4 Å². The molecule has 2 aromatic heterocycles. The zero-order valence-electron chi connectivity index (χ0n) is 15.5. The first kappa shape index (κ1) is 19.1. The largest absolute Gasteiger partial charge is 0.346 e. The summed E-state index contributed by atoms with van der Waals surface area (Å²) in [4.78, 5) is 13.9. The standard InChI is InChI=1S/C19H22N4O3S2/c1-2-14-5-9-16(10-6-14)28(25,26)20-11-12-22-19(24)23(15-7-8-15)18(21-22)17-4-3-13-27-17/h3-6,9-10,13,15,20H,2,7-8,11-12H2,1H3. The Morgan fingerprint density at radius 3 is 2.57 bits per heavy atom. The predicted octanol–water partition coefficient (Wildman–Crippen LogP) is 2.65. The van der Waals surface area contributed by atoms with Crippen molar-refractivity contribution in [2.24, 2.45) is 0 Å². The average Bonchev–Trinajstić information content (AvgIpc) is 3.27. The van der Waals surface area contributed by atoms with E-state index in [0.29, 0.717) is 5.82 Å². The molecular weight excluding hydrogens is 396 g/mol. The summed E-state index contributed by atoms with van der Waals surface area (Å²) in [5.74, 6) is 0.667. The van der Waals surface area contributed by atoms with E-state index in [1.807, 2.05) is 36.6 Å². The Labute approximate surface area is 167 Å². The van der Waals surface area contributed by atoms with Crippen LogP contribution >= 0.6 is 11.3 Å². The Morgan fingerprint density at radius 2 is 1.96 bits per heavy atom. The Hall–Kier alpha value is -2.23. The highest BCUT2D eigenvalue weighted by Gasteiger charge is 2.30. The number of nitrogens with one attached hydrogen (secondary N) is 1. The lowest BCUT2D eigenvalue weighted by Crippen LogP contribution is -2.32. The van der Waals surface area contributed by atoms with Crippen LogP contribution < -0.4 is 10.4 Å². The molecule has 0 spiro atoms. The summed E-state index contributed by atoms with van der Waals surface area (Å²) in [5.41, 5.74) is 0.898. The second-order valence-corrected chi connectivity index (χ2v) is 9.52. The van der Waals surface area contributed by atoms with Gasteiger partial charge in [-0.25, -0.2) is 22.6 Å². The molecule has 0 atom stereocenters. The molecule has 148 valence electrons. The molecule has 4 rings (SSSR count). The molecule has 9 heteroatoms. The molecule has 28 heavy (non-hydrogen) atoms. The number of aryl methyl sites for hydroxylation is 1. The van der Waals surface area contributed by atoms with Gasteiger partial charge < -0.3 is 0 Å². The van der Waals surface area contributed by atoms with Crippen LogP contribution in [0.1, 0.15) is 31.4 Å². The van der Waals surface area contributed by atoms with E-state index in [0.717, 1.165) is 29.7 Å². The van der Waals surface area contributed by atoms with E-state index in [2.05, 4.69) is 9.82 Å². The van der Waals surface area contributed by atoms with E-state index in [9.17, 15) is 13.2 Å². The van der Waals surface area contributed by atoms with Gasteiger partial charge in [0.1, 0.15) is 0 Å². The molecule has 3 aromatic rings. The number of sulfonamides is 1. The third-order valence-electron chi connectivity index (χ3n) is 4.78. The number of hydrogen-bond donors (Lipinski definition) is 1. The fraction of sp³-hybridized carbons (Fsp3) is 0.368. The first-order chi connectivity index (χ1) is 13.5. The molecule has 0 bridgehead atoms. The van der Waals surface area contributed by atoms with Crippen molar-refractivity contribution in [3.05, 3.63) is 57.8 Å². The Balaban J connectivity index is 1.49. The van der Waals surface area contributed by atoms with E-state index in [-0.39, 0.29) is 29.7 Å². The molecule has 1 saturated carbocycles. The summed E-state index contributed by atoms with van der Waals surface area (Å²) in [6.45, 7) is 2.30. The van der Waals surface area contributed by atoms with Gasteiger partial charge in [0.15, 0.2) is 5.82 Å². The average molecular weight is 419 g/mol. The molecular formula is C19H22N4O3S2. The lowest BCUT2D eigenvalue weighted by atomic mass is 10.2. The zero-order valence-corrected chi connectivity index (χ0v) is 17.2. The summed E-state index contributed by atoms with van der Waals surface area (Å²) < 4.78 is 30.6. The van der Waals surface area contributed by atoms with Crippen molar-refractivity contribution in [1.82, 2.24) is 19.1 Å². The van der Waals surface area contributed by atoms with Crippen LogP contribution in [-0.2, 0) is 23.0 Å². The van der Waals surface area contributed by atoms with Crippen LogP contribution in [0.25, 0.3) is 10.7 Å². The quantitative estimate of drug-likeness (QED) is 0.609. The molecule has 1 N–H and O–H groups in total. The molecule has 1 aromatic carbocycles. The molecule has 0 saturated heterocycles. The van der Waals surface area contributed by atoms with Gasteiger partial charge in [-0.3, -0.25) is 4.57 Å². The molecule has 0 radical (unpaired) electrons. The molecule has 7 nitrogen and oxygen atoms in total. The van der Waals surface area contributed by atoms with Gasteiger partial charge in [0.25, 0.3) is 0 Å². The number of nitrogens with zero attached hydrogens (tertiary/aromatic N) is 3. The molecule has 1 aliphatic rings. The van der Waals surface area contributed by atoms with Crippen LogP contribution in [-0.4, -0.2) is 29.3 Å². The summed E-state index contributed by atoms with van der Waals surface area (Å²) in [6.07, 6.45) is 2.81. The number of benzene rings is 1. The van der Waals surface area contributed by atoms with Gasteiger partial charge in [0, 0.05) is 12.6 Å².